The number of hydrogen-bond acceptors (Lipinski definition) is 36. The molecule has 2 unspecified atom stereocenters. The lowest BCUT2D eigenvalue weighted by molar-refractivity contribution is -0.152. The molecule has 0 spiro atoms. The number of cyclic esters (lactones) is 1. The van der Waals surface area contributed by atoms with Crippen LogP contribution in [-0.2, 0) is 129 Å². The van der Waals surface area contributed by atoms with Crippen molar-refractivity contribution >= 4 is 105 Å². The first-order chi connectivity index (χ1) is 61.4. The summed E-state index contributed by atoms with van der Waals surface area (Å²) in [7, 11) is -14.7. The summed E-state index contributed by atoms with van der Waals surface area (Å²) in [6.45, 7) is 58.4. The molecule has 0 aromatic carbocycles. The maximum Gasteiger partial charge on any atom is 0.407 e. The minimum absolute atomic E-state index is 0.0130. The number of carbonyl (C=O) groups is 10. The Bertz CT molecular complexity index is 4020. The van der Waals surface area contributed by atoms with E-state index in [0.29, 0.717) is 63.8 Å². The molecule has 0 radical (unpaired) electrons. The number of ether oxygens (including phenoxy) is 7. The van der Waals surface area contributed by atoms with E-state index in [4.69, 9.17) is 79.7 Å². The number of amides is 8. The summed E-state index contributed by atoms with van der Waals surface area (Å²) in [5, 5.41) is 47.7. The predicted molar refractivity (Wildman–Crippen MR) is 511 cm³/mol. The van der Waals surface area contributed by atoms with Gasteiger partial charge >= 0.3 is 80.4 Å². The third-order valence-electron chi connectivity index (χ3n) is 14.7. The van der Waals surface area contributed by atoms with E-state index in [2.05, 4.69) is 88.5 Å². The molecule has 2 aromatic rings. The summed E-state index contributed by atoms with van der Waals surface area (Å²) in [5.74, 6) is 0.438. The van der Waals surface area contributed by atoms with Crippen LogP contribution >= 0.6 is 45.3 Å². The molecule has 14 N–H and O–H groups in total. The van der Waals surface area contributed by atoms with Gasteiger partial charge in [0.05, 0.1) is 62.2 Å². The van der Waals surface area contributed by atoms with Crippen molar-refractivity contribution in [3.63, 3.8) is 0 Å². The van der Waals surface area contributed by atoms with E-state index in [9.17, 15) is 75.3 Å². The van der Waals surface area contributed by atoms with Gasteiger partial charge in [0.15, 0.2) is 11.6 Å². The summed E-state index contributed by atoms with van der Waals surface area (Å²) in [6, 6.07) is 0. The van der Waals surface area contributed by atoms with E-state index in [1.165, 1.54) is 28.4 Å². The van der Waals surface area contributed by atoms with Gasteiger partial charge in [-0.15, -0.1) is 20.4 Å². The first-order valence-electron chi connectivity index (χ1n) is 43.5. The summed E-state index contributed by atoms with van der Waals surface area (Å²) in [5.41, 5.74) is -3.55. The highest BCUT2D eigenvalue weighted by Gasteiger charge is 2.32. The van der Waals surface area contributed by atoms with Crippen LogP contribution in [0.1, 0.15) is 239 Å². The third-order valence-corrected chi connectivity index (χ3v) is 23.8. The predicted octanol–water partition coefficient (Wildman–Crippen LogP) is 11.7. The molecule has 136 heavy (non-hydrogen) atoms. The van der Waals surface area contributed by atoms with E-state index in [-0.39, 0.29) is 140 Å². The van der Waals surface area contributed by atoms with Gasteiger partial charge in [-0.2, -0.15) is 10.4 Å². The second-order valence-corrected chi connectivity index (χ2v) is 51.9. The van der Waals surface area contributed by atoms with Crippen LogP contribution in [0.15, 0.2) is 0 Å². The second kappa shape index (κ2) is 67.2. The monoisotopic (exact) mass is 2080 g/mol. The van der Waals surface area contributed by atoms with Crippen molar-refractivity contribution in [3.05, 3.63) is 11.6 Å². The zero-order valence-corrected chi connectivity index (χ0v) is 92.1. The largest absolute Gasteiger partial charge is 0.465 e. The molecule has 1 saturated heterocycles. The summed E-state index contributed by atoms with van der Waals surface area (Å²) < 4.78 is 136. The Hall–Kier alpha value is -7.22. The lowest BCUT2D eigenvalue weighted by Crippen LogP contribution is -2.41. The average Bonchev–Trinajstić information content (AvgIpc) is 1.04. The van der Waals surface area contributed by atoms with Crippen molar-refractivity contribution in [1.82, 2.24) is 83.8 Å². The van der Waals surface area contributed by atoms with Crippen molar-refractivity contribution < 1.29 is 160 Å². The molecule has 800 valence electrons. The van der Waals surface area contributed by atoms with Crippen molar-refractivity contribution in [3.8, 4) is 0 Å². The Morgan fingerprint density at radius 1 is 0.390 bits per heavy atom. The highest BCUT2D eigenvalue weighted by molar-refractivity contribution is 7.58. The topological polar surface area (TPSA) is 688 Å². The third kappa shape index (κ3) is 90.6. The van der Waals surface area contributed by atoms with Crippen molar-refractivity contribution in [2.75, 3.05) is 151 Å². The standard InChI is InChI=1S/C11H24NO4P.C10H22NO4P.C10H17NO4.C9H17N5O.C9H20NO5P.C9H19O5P.C8H15N5O2.C7H16NO5P.C7H16NO4P/c1-6-15-17(14,16-7-2)9-8-12-10(13)11(3,4)5;1-6-15-16(5,13)8-7-14-9(12)11-10(2,3)4;1-10(2,3)11-9(13)14-6-7-4-5-8(12)15-7;1-9(2,3)8(15)10-6-4-5-7-11-13-14-12-7;1-9(2,3)10-8(11)15-6-7-16(12,13-4)14-5;1-9(2,3)8(10)14-6-7-15(11,12-4)13-5;1-8(2,3)9-7(14)15-5-4-6-10-12-13-11-6;1-7(2,3)8-6(9)13-4-5-14(10,11)12;1-7(2,3)6(9)8-4-5-13(10,11)12/h6-9H2,1-5H3,(H,12,13);6-8H2,1-5H3,(H,11,12);7H,4-6H2,1-3H3,(H,11,13);4-6H2,1-3H3,(H,10,15)(H,11,12,13,14);6-7H2,1-5H3,(H,10,11);6-7H2,1-5H3;4-5H2,1-3H3,(H,9,14)(H,10,11,12,13);4-5H2,1-3H3,(H,8,9)(H2,10,11,12);4-5H2,1-3H3,(H,8,9)(H2,10,11,12). The zero-order chi connectivity index (χ0) is 107. The van der Waals surface area contributed by atoms with E-state index in [1.54, 1.807) is 89.7 Å². The molecule has 1 aliphatic rings. The van der Waals surface area contributed by atoms with Crippen LogP contribution < -0.4 is 42.5 Å². The molecule has 0 aliphatic carbocycles. The second-order valence-electron chi connectivity index (χ2n) is 38.6. The van der Waals surface area contributed by atoms with E-state index < -0.39 is 104 Å². The smallest absolute Gasteiger partial charge is 0.407 e. The van der Waals surface area contributed by atoms with Crippen molar-refractivity contribution in [2.24, 2.45) is 21.7 Å². The fourth-order valence-corrected chi connectivity index (χ4v) is 12.9. The molecular weight excluding hydrogens is 1910 g/mol. The van der Waals surface area contributed by atoms with Crippen LogP contribution in [-0.4, -0.2) is 306 Å². The number of nitrogens with zero attached hydrogens (tertiary/aromatic N) is 6. The Balaban J connectivity index is -0.000000350. The van der Waals surface area contributed by atoms with Gasteiger partial charge in [-0.1, -0.05) is 72.7 Å². The summed E-state index contributed by atoms with van der Waals surface area (Å²) in [4.78, 5) is 146. The number of carbonyl (C=O) groups excluding carboxylic acids is 10. The van der Waals surface area contributed by atoms with Crippen LogP contribution in [0.3, 0.4) is 0 Å². The molecule has 1 fully saturated rings. The highest BCUT2D eigenvalue weighted by atomic mass is 31.2. The number of hydrogen-bond donors (Lipinski definition) is 14. The van der Waals surface area contributed by atoms with Gasteiger partial charge in [-0.3, -0.25) is 51.4 Å². The number of aromatic amines is 2. The van der Waals surface area contributed by atoms with Gasteiger partial charge < -0.3 is 127 Å². The van der Waals surface area contributed by atoms with E-state index in [0.717, 1.165) is 12.8 Å². The number of aryl methyl sites for hydroxylation is 1. The summed E-state index contributed by atoms with van der Waals surface area (Å²) >= 11 is 0. The van der Waals surface area contributed by atoms with Crippen LogP contribution in [0, 0.1) is 21.7 Å². The molecule has 1 aliphatic heterocycles. The molecule has 2 atom stereocenters. The van der Waals surface area contributed by atoms with Crippen LogP contribution in [0.4, 0.5) is 24.0 Å². The van der Waals surface area contributed by atoms with Crippen molar-refractivity contribution in [1.29, 1.82) is 0 Å². The molecule has 50 nitrogen and oxygen atoms in total. The number of aromatic nitrogens is 8. The number of nitrogens with one attached hydrogen (secondary N) is 10. The van der Waals surface area contributed by atoms with Crippen LogP contribution in [0.25, 0.3) is 0 Å². The normalized spacial score (nSPS) is 13.5. The Morgan fingerprint density at radius 3 is 0.993 bits per heavy atom. The molecule has 8 amide bonds. The molecule has 0 saturated carbocycles. The fourth-order valence-electron chi connectivity index (χ4n) is 7.95. The van der Waals surface area contributed by atoms with Gasteiger partial charge in [0.2, 0.25) is 25.1 Å². The average molecular weight is 2080 g/mol. The quantitative estimate of drug-likeness (QED) is 0.0129. The Kier molecular flexibility index (Phi) is 69.0. The number of H-pyrrole nitrogens is 2. The Morgan fingerprint density at radius 2 is 0.699 bits per heavy atom. The van der Waals surface area contributed by atoms with Gasteiger partial charge in [0, 0.05) is 118 Å². The van der Waals surface area contributed by atoms with Gasteiger partial charge in [0.1, 0.15) is 45.7 Å². The number of tetrazole rings is 2. The van der Waals surface area contributed by atoms with Gasteiger partial charge in [0.25, 0.3) is 0 Å². The SMILES string of the molecule is CC(C)(C)C(=O)NCCCc1nn[nH]n1.CC(C)(C)C(=O)NCCP(=O)(O)O.CC(C)(C)NC(=O)OCC1CCC(=O)O1.CC(C)(C)NC(=O)OCCP(=O)(O)O.CC(C)(C)NC(=O)OCCc1nn[nH]n1.CCOP(=O)(CCNC(=O)C(C)(C)C)OCC.CCOP(C)(=O)CCOC(=O)NC(C)(C)C.COP(=O)(CCOC(=O)C(C)(C)C)OC.COP(=O)(CCOC(=O)NC(C)(C)C)OC. The Labute approximate surface area is 803 Å². The summed E-state index contributed by atoms with van der Waals surface area (Å²) in [6.07, 6.45) is -0.0820. The first-order valence-corrected chi connectivity index (χ1v) is 54.5. The van der Waals surface area contributed by atoms with Gasteiger partial charge in [-0.25, -0.2) is 24.0 Å². The number of alkyl carbamates (subject to hydrolysis) is 5. The van der Waals surface area contributed by atoms with Crippen LogP contribution in [0.5, 0.6) is 0 Å². The van der Waals surface area contributed by atoms with Crippen LogP contribution in [0.2, 0.25) is 0 Å². The lowest BCUT2D eigenvalue weighted by Gasteiger charge is -2.20. The molecular formula is C80H166N16O34P6. The fraction of sp³-hybridized carbons (Fsp3) is 0.850. The van der Waals surface area contributed by atoms with E-state index >= 15 is 0 Å². The molecule has 0 bridgehead atoms. The minimum atomic E-state index is -4.08. The first kappa shape index (κ1) is 139. The number of rotatable bonds is 37. The molecule has 3 rings (SSSR count). The maximum absolute atomic E-state index is 12.0. The zero-order valence-electron chi connectivity index (χ0n) is 86.7. The lowest BCUT2D eigenvalue weighted by atomic mass is 9.96. The molecule has 3 heterocycles. The van der Waals surface area contributed by atoms with Gasteiger partial charge in [-0.05, 0) is 158 Å². The number of esters is 2. The maximum atomic E-state index is 12.0. The minimum Gasteiger partial charge on any atom is -0.465 e. The van der Waals surface area contributed by atoms with Crippen molar-refractivity contribution in [2.45, 2.75) is 274 Å². The highest BCUT2D eigenvalue weighted by Crippen LogP contribution is 2.48. The van der Waals surface area contributed by atoms with E-state index in [1.807, 2.05) is 125 Å². The molecule has 56 heteroatoms. The molecule has 2 aromatic heterocycles.